The monoisotopic (exact) mass is 433 g/mol. The van der Waals surface area contributed by atoms with Crippen LogP contribution in [0.3, 0.4) is 0 Å². The molecule has 0 saturated heterocycles. The van der Waals surface area contributed by atoms with Crippen molar-refractivity contribution in [3.05, 3.63) is 29.1 Å². The summed E-state index contributed by atoms with van der Waals surface area (Å²) in [6.45, 7) is 0. The second kappa shape index (κ2) is 5.93. The van der Waals surface area contributed by atoms with Gasteiger partial charge in [-0.1, -0.05) is 39.4 Å². The van der Waals surface area contributed by atoms with E-state index in [-0.39, 0.29) is 11.3 Å². The van der Waals surface area contributed by atoms with Crippen LogP contribution in [-0.4, -0.2) is 14.8 Å². The Kier molecular flexibility index (Phi) is 3.87. The molecule has 6 heteroatoms. The fourth-order valence-electron chi connectivity index (χ4n) is 6.22. The Hall–Kier alpha value is -1.14. The van der Waals surface area contributed by atoms with Gasteiger partial charge in [-0.05, 0) is 67.9 Å². The number of hydrogen-bond donors (Lipinski definition) is 1. The highest BCUT2D eigenvalue weighted by atomic mass is 79.9. The average molecular weight is 434 g/mol. The molecule has 4 bridgehead atoms. The molecule has 6 rings (SSSR count). The number of carbonyl (C=O) groups excluding carboxylic acids is 1. The zero-order valence-electron chi connectivity index (χ0n) is 15.0. The molecule has 2 unspecified atom stereocenters. The minimum absolute atomic E-state index is 0.0699. The maximum Gasteiger partial charge on any atom is 0.240 e. The number of alkyl halides is 1. The molecule has 4 aliphatic carbocycles. The van der Waals surface area contributed by atoms with Crippen molar-refractivity contribution in [3.8, 4) is 0 Å². The van der Waals surface area contributed by atoms with Crippen LogP contribution in [0.2, 0.25) is 0 Å². The largest absolute Gasteiger partial charge is 0.318 e. The lowest BCUT2D eigenvalue weighted by Crippen LogP contribution is -2.53. The molecule has 1 aromatic carbocycles. The molecule has 0 radical (unpaired) electrons. The molecule has 1 N–H and O–H groups in total. The summed E-state index contributed by atoms with van der Waals surface area (Å²) < 4.78 is 3.52. The van der Waals surface area contributed by atoms with Gasteiger partial charge in [0.2, 0.25) is 10.7 Å². The molecule has 1 amide bonds. The van der Waals surface area contributed by atoms with Crippen molar-refractivity contribution in [3.63, 3.8) is 0 Å². The van der Waals surface area contributed by atoms with Crippen molar-refractivity contribution in [1.82, 2.24) is 9.99 Å². The Morgan fingerprint density at radius 2 is 2.04 bits per heavy atom. The molecule has 0 aliphatic heterocycles. The number of rotatable bonds is 3. The maximum absolute atomic E-state index is 12.7. The van der Waals surface area contributed by atoms with E-state index in [1.807, 2.05) is 23.7 Å². The summed E-state index contributed by atoms with van der Waals surface area (Å²) in [7, 11) is 2.00. The molecule has 2 atom stereocenters. The number of thiazole rings is 1. The van der Waals surface area contributed by atoms with Gasteiger partial charge in [0.15, 0.2) is 0 Å². The third-order valence-electron chi connectivity index (χ3n) is 6.64. The summed E-state index contributed by atoms with van der Waals surface area (Å²) in [5.74, 6) is 1.68. The van der Waals surface area contributed by atoms with Crippen LogP contribution in [0, 0.1) is 17.3 Å². The number of nitrogens with zero attached hydrogens (tertiary/aromatic N) is 2. The Morgan fingerprint density at radius 1 is 1.31 bits per heavy atom. The highest BCUT2D eigenvalue weighted by Gasteiger charge is 2.57. The topological polar surface area (TPSA) is 46.4 Å². The molecule has 2 aromatic rings. The van der Waals surface area contributed by atoms with Crippen LogP contribution in [0.1, 0.15) is 44.9 Å². The van der Waals surface area contributed by atoms with Gasteiger partial charge < -0.3 is 4.57 Å². The number of fused-ring (bicyclic) bond motifs is 1. The first kappa shape index (κ1) is 17.0. The Morgan fingerprint density at radius 3 is 2.73 bits per heavy atom. The molecular weight excluding hydrogens is 410 g/mol. The van der Waals surface area contributed by atoms with E-state index in [9.17, 15) is 4.79 Å². The molecule has 4 nitrogen and oxygen atoms in total. The van der Waals surface area contributed by atoms with Gasteiger partial charge in [0, 0.05) is 17.8 Å². The van der Waals surface area contributed by atoms with Crippen molar-refractivity contribution < 1.29 is 4.79 Å². The van der Waals surface area contributed by atoms with Crippen molar-refractivity contribution in [2.45, 2.75) is 49.3 Å². The number of hydrogen-bond acceptors (Lipinski definition) is 3. The summed E-state index contributed by atoms with van der Waals surface area (Å²) in [4.78, 5) is 13.5. The molecular formula is C20H24BrN3OS. The van der Waals surface area contributed by atoms with Crippen LogP contribution in [-0.2, 0) is 11.8 Å². The Labute approximate surface area is 165 Å². The van der Waals surface area contributed by atoms with E-state index in [0.717, 1.165) is 28.6 Å². The summed E-state index contributed by atoms with van der Waals surface area (Å²) in [6.07, 6.45) is 8.19. The van der Waals surface area contributed by atoms with E-state index in [1.54, 1.807) is 11.3 Å². The quantitative estimate of drug-likeness (QED) is 0.569. The smallest absolute Gasteiger partial charge is 0.240 e. The van der Waals surface area contributed by atoms with Gasteiger partial charge in [0.1, 0.15) is 0 Å². The zero-order valence-corrected chi connectivity index (χ0v) is 17.4. The normalized spacial score (nSPS) is 36.0. The molecule has 4 aliphatic rings. The molecule has 1 heterocycles. The van der Waals surface area contributed by atoms with Crippen LogP contribution in [0.5, 0.6) is 0 Å². The molecule has 1 aromatic heterocycles. The highest BCUT2D eigenvalue weighted by Crippen LogP contribution is 2.65. The molecule has 4 fully saturated rings. The zero-order chi connectivity index (χ0) is 17.9. The number of para-hydroxylation sites is 1. The fraction of sp³-hybridized carbons (Fsp3) is 0.600. The van der Waals surface area contributed by atoms with Gasteiger partial charge in [-0.15, -0.1) is 5.10 Å². The lowest BCUT2D eigenvalue weighted by molar-refractivity contribution is -0.128. The number of benzene rings is 1. The predicted molar refractivity (Wildman–Crippen MR) is 108 cm³/mol. The van der Waals surface area contributed by atoms with E-state index >= 15 is 0 Å². The van der Waals surface area contributed by atoms with Crippen LogP contribution in [0.25, 0.3) is 10.2 Å². The van der Waals surface area contributed by atoms with Gasteiger partial charge in [0.05, 0.1) is 10.2 Å². The van der Waals surface area contributed by atoms with Crippen molar-refractivity contribution in [1.29, 1.82) is 0 Å². The average Bonchev–Trinajstić information content (AvgIpc) is 2.87. The Balaban J connectivity index is 1.34. The van der Waals surface area contributed by atoms with Crippen molar-refractivity contribution >= 4 is 43.4 Å². The second-order valence-corrected chi connectivity index (χ2v) is 11.5. The number of halogens is 1. The van der Waals surface area contributed by atoms with Crippen LogP contribution in [0.4, 0.5) is 0 Å². The standard InChI is InChI=1S/C20H24BrN3OS/c1-24-15-4-2-3-5-16(15)26-18(24)23-22-17(25)11-19-7-13-6-14(8-19)10-20(21,9-13)12-19/h2-5,13-14H,6-12H2,1H3,(H,22,25)/b23-18+. The third kappa shape index (κ3) is 2.85. The lowest BCUT2D eigenvalue weighted by Gasteiger charge is -2.60. The van der Waals surface area contributed by atoms with Crippen molar-refractivity contribution in [2.24, 2.45) is 29.4 Å². The first-order chi connectivity index (χ1) is 12.4. The first-order valence-corrected chi connectivity index (χ1v) is 11.1. The number of carbonyl (C=O) groups is 1. The molecule has 26 heavy (non-hydrogen) atoms. The predicted octanol–water partition coefficient (Wildman–Crippen LogP) is 4.30. The van der Waals surface area contributed by atoms with Gasteiger partial charge in [-0.25, -0.2) is 5.43 Å². The minimum Gasteiger partial charge on any atom is -0.318 e. The summed E-state index contributed by atoms with van der Waals surface area (Å²) >= 11 is 5.64. The molecule has 138 valence electrons. The van der Waals surface area contributed by atoms with E-state index in [1.165, 1.54) is 36.8 Å². The maximum atomic E-state index is 12.7. The van der Waals surface area contributed by atoms with Gasteiger partial charge in [-0.2, -0.15) is 0 Å². The summed E-state index contributed by atoms with van der Waals surface area (Å²) in [6, 6.07) is 8.23. The van der Waals surface area contributed by atoms with Gasteiger partial charge in [0.25, 0.3) is 0 Å². The number of aromatic nitrogens is 1. The SMILES string of the molecule is Cn1/c(=N\NC(=O)CC23CC4CC(CC(Br)(C4)C2)C3)sc2ccccc21. The van der Waals surface area contributed by atoms with Gasteiger partial charge >= 0.3 is 0 Å². The Bertz CT molecular complexity index is 932. The lowest BCUT2D eigenvalue weighted by atomic mass is 9.48. The van der Waals surface area contributed by atoms with Gasteiger partial charge in [-0.3, -0.25) is 4.79 Å². The van der Waals surface area contributed by atoms with E-state index < -0.39 is 0 Å². The van der Waals surface area contributed by atoms with Crippen LogP contribution in [0.15, 0.2) is 29.4 Å². The molecule has 4 saturated carbocycles. The minimum atomic E-state index is 0.0699. The summed E-state index contributed by atoms with van der Waals surface area (Å²) in [5.41, 5.74) is 4.18. The number of aryl methyl sites for hydroxylation is 1. The van der Waals surface area contributed by atoms with E-state index in [4.69, 9.17) is 0 Å². The van der Waals surface area contributed by atoms with Crippen LogP contribution < -0.4 is 10.2 Å². The van der Waals surface area contributed by atoms with Crippen molar-refractivity contribution in [2.75, 3.05) is 0 Å². The molecule has 0 spiro atoms. The second-order valence-electron chi connectivity index (χ2n) is 8.85. The number of nitrogens with one attached hydrogen (secondary N) is 1. The third-order valence-corrected chi connectivity index (χ3v) is 8.68. The number of amides is 1. The van der Waals surface area contributed by atoms with Crippen LogP contribution >= 0.6 is 27.3 Å². The van der Waals surface area contributed by atoms with E-state index in [2.05, 4.69) is 38.6 Å². The van der Waals surface area contributed by atoms with E-state index in [0.29, 0.717) is 10.7 Å². The highest BCUT2D eigenvalue weighted by molar-refractivity contribution is 9.10. The first-order valence-electron chi connectivity index (χ1n) is 9.50. The summed E-state index contributed by atoms with van der Waals surface area (Å²) in [5, 5.41) is 4.43. The fourth-order valence-corrected chi connectivity index (χ4v) is 8.71.